The summed E-state index contributed by atoms with van der Waals surface area (Å²) < 4.78 is 18.4. The van der Waals surface area contributed by atoms with Gasteiger partial charge in [0.15, 0.2) is 11.6 Å². The van der Waals surface area contributed by atoms with Gasteiger partial charge in [0.25, 0.3) is 0 Å². The maximum absolute atomic E-state index is 13.4. The lowest BCUT2D eigenvalue weighted by Crippen LogP contribution is -2.37. The molecule has 1 atom stereocenters. The molecule has 1 fully saturated rings. The van der Waals surface area contributed by atoms with Crippen molar-refractivity contribution in [2.45, 2.75) is 38.1 Å². The van der Waals surface area contributed by atoms with Gasteiger partial charge < -0.3 is 15.8 Å². The standard InChI is InChI=1S/C15H23FN2O/c1-19-15-9-12(7-8-13(15)16)18-14(10-17)11-5-3-2-4-6-11/h7-9,11,14,18H,2-6,10,17H2,1H3. The Bertz CT molecular complexity index is 405. The highest BCUT2D eigenvalue weighted by atomic mass is 19.1. The molecule has 0 saturated heterocycles. The van der Waals surface area contributed by atoms with Gasteiger partial charge in [-0.3, -0.25) is 0 Å². The van der Waals surface area contributed by atoms with E-state index in [4.69, 9.17) is 10.5 Å². The Hall–Kier alpha value is -1.29. The highest BCUT2D eigenvalue weighted by Crippen LogP contribution is 2.29. The molecule has 3 N–H and O–H groups in total. The number of nitrogens with two attached hydrogens (primary N) is 1. The van der Waals surface area contributed by atoms with Crippen molar-refractivity contribution in [3.05, 3.63) is 24.0 Å². The summed E-state index contributed by atoms with van der Waals surface area (Å²) in [4.78, 5) is 0. The van der Waals surface area contributed by atoms with Crippen molar-refractivity contribution in [1.82, 2.24) is 0 Å². The predicted molar refractivity (Wildman–Crippen MR) is 76.0 cm³/mol. The van der Waals surface area contributed by atoms with Crippen molar-refractivity contribution in [3.8, 4) is 5.75 Å². The summed E-state index contributed by atoms with van der Waals surface area (Å²) in [6.07, 6.45) is 6.36. The third kappa shape index (κ3) is 3.60. The number of hydrogen-bond acceptors (Lipinski definition) is 3. The first kappa shape index (κ1) is 14.1. The maximum Gasteiger partial charge on any atom is 0.165 e. The van der Waals surface area contributed by atoms with Crippen molar-refractivity contribution in [1.29, 1.82) is 0 Å². The summed E-state index contributed by atoms with van der Waals surface area (Å²) in [5.41, 5.74) is 6.76. The van der Waals surface area contributed by atoms with Crippen LogP contribution < -0.4 is 15.8 Å². The van der Waals surface area contributed by atoms with Crippen LogP contribution in [0.15, 0.2) is 18.2 Å². The van der Waals surface area contributed by atoms with Crippen molar-refractivity contribution >= 4 is 5.69 Å². The average Bonchev–Trinajstić information content (AvgIpc) is 2.47. The SMILES string of the molecule is COc1cc(NC(CN)C2CCCCC2)ccc1F. The number of halogens is 1. The Morgan fingerprint density at radius 3 is 2.74 bits per heavy atom. The van der Waals surface area contributed by atoms with Crippen LogP contribution in [-0.2, 0) is 0 Å². The maximum atomic E-state index is 13.4. The van der Waals surface area contributed by atoms with Crippen molar-refractivity contribution < 1.29 is 9.13 Å². The molecular weight excluding hydrogens is 243 g/mol. The summed E-state index contributed by atoms with van der Waals surface area (Å²) in [7, 11) is 1.48. The number of anilines is 1. The predicted octanol–water partition coefficient (Wildman–Crippen LogP) is 3.15. The van der Waals surface area contributed by atoms with Crippen LogP contribution in [0.5, 0.6) is 5.75 Å². The second-order valence-electron chi connectivity index (χ2n) is 5.23. The fraction of sp³-hybridized carbons (Fsp3) is 0.600. The molecule has 0 spiro atoms. The molecule has 106 valence electrons. The van der Waals surface area contributed by atoms with Gasteiger partial charge in [-0.15, -0.1) is 0 Å². The second kappa shape index (κ2) is 6.75. The second-order valence-corrected chi connectivity index (χ2v) is 5.23. The van der Waals surface area contributed by atoms with Gasteiger partial charge in [0.2, 0.25) is 0 Å². The highest BCUT2D eigenvalue weighted by molar-refractivity contribution is 5.49. The van der Waals surface area contributed by atoms with E-state index < -0.39 is 0 Å². The largest absolute Gasteiger partial charge is 0.494 e. The molecule has 0 radical (unpaired) electrons. The van der Waals surface area contributed by atoms with E-state index in [1.165, 1.54) is 45.3 Å². The molecule has 2 rings (SSSR count). The topological polar surface area (TPSA) is 47.3 Å². The third-order valence-corrected chi connectivity index (χ3v) is 3.98. The fourth-order valence-electron chi connectivity index (χ4n) is 2.87. The number of benzene rings is 1. The zero-order valence-corrected chi connectivity index (χ0v) is 11.5. The van der Waals surface area contributed by atoms with Gasteiger partial charge in [0.1, 0.15) is 0 Å². The first-order valence-corrected chi connectivity index (χ1v) is 7.04. The molecule has 0 bridgehead atoms. The highest BCUT2D eigenvalue weighted by Gasteiger charge is 2.22. The summed E-state index contributed by atoms with van der Waals surface area (Å²) in [6, 6.07) is 5.12. The molecule has 1 saturated carbocycles. The van der Waals surface area contributed by atoms with Gasteiger partial charge in [-0.2, -0.15) is 0 Å². The van der Waals surface area contributed by atoms with E-state index >= 15 is 0 Å². The normalized spacial score (nSPS) is 18.1. The number of hydrogen-bond donors (Lipinski definition) is 2. The van der Waals surface area contributed by atoms with E-state index in [9.17, 15) is 4.39 Å². The molecule has 1 unspecified atom stereocenters. The molecule has 1 aromatic carbocycles. The first-order chi connectivity index (χ1) is 9.24. The Morgan fingerprint density at radius 1 is 1.37 bits per heavy atom. The van der Waals surface area contributed by atoms with Crippen LogP contribution in [-0.4, -0.2) is 19.7 Å². The van der Waals surface area contributed by atoms with Crippen LogP contribution >= 0.6 is 0 Å². The minimum absolute atomic E-state index is 0.260. The zero-order valence-electron chi connectivity index (χ0n) is 11.5. The number of nitrogens with one attached hydrogen (secondary N) is 1. The minimum Gasteiger partial charge on any atom is -0.494 e. The van der Waals surface area contributed by atoms with Crippen LogP contribution in [0, 0.1) is 11.7 Å². The Labute approximate surface area is 114 Å². The lowest BCUT2D eigenvalue weighted by molar-refractivity contribution is 0.320. The number of rotatable bonds is 5. The smallest absolute Gasteiger partial charge is 0.165 e. The summed E-state index contributed by atoms with van der Waals surface area (Å²) in [6.45, 7) is 0.602. The molecule has 0 aliphatic heterocycles. The van der Waals surface area contributed by atoms with Crippen LogP contribution in [0.25, 0.3) is 0 Å². The third-order valence-electron chi connectivity index (χ3n) is 3.98. The van der Waals surface area contributed by atoms with E-state index in [1.807, 2.05) is 0 Å². The van der Waals surface area contributed by atoms with Gasteiger partial charge in [0, 0.05) is 24.3 Å². The van der Waals surface area contributed by atoms with Crippen LogP contribution in [0.4, 0.5) is 10.1 Å². The first-order valence-electron chi connectivity index (χ1n) is 7.04. The number of methoxy groups -OCH3 is 1. The van der Waals surface area contributed by atoms with E-state index in [0.717, 1.165) is 5.69 Å². The monoisotopic (exact) mass is 266 g/mol. The lowest BCUT2D eigenvalue weighted by Gasteiger charge is -2.30. The summed E-state index contributed by atoms with van der Waals surface area (Å²) in [5.74, 6) is 0.550. The van der Waals surface area contributed by atoms with E-state index in [0.29, 0.717) is 12.5 Å². The number of ether oxygens (including phenoxy) is 1. The molecule has 1 aromatic rings. The van der Waals surface area contributed by atoms with Crippen LogP contribution in [0.1, 0.15) is 32.1 Å². The summed E-state index contributed by atoms with van der Waals surface area (Å²) in [5, 5.41) is 3.43. The molecule has 0 heterocycles. The van der Waals surface area contributed by atoms with Crippen molar-refractivity contribution in [2.75, 3.05) is 19.0 Å². The van der Waals surface area contributed by atoms with E-state index in [2.05, 4.69) is 5.32 Å². The minimum atomic E-state index is -0.338. The van der Waals surface area contributed by atoms with Gasteiger partial charge >= 0.3 is 0 Å². The Balaban J connectivity index is 2.04. The Morgan fingerprint density at radius 2 is 2.11 bits per heavy atom. The summed E-state index contributed by atoms with van der Waals surface area (Å²) >= 11 is 0. The van der Waals surface area contributed by atoms with Crippen molar-refractivity contribution in [3.63, 3.8) is 0 Å². The molecule has 3 nitrogen and oxygen atoms in total. The van der Waals surface area contributed by atoms with Crippen LogP contribution in [0.3, 0.4) is 0 Å². The zero-order chi connectivity index (χ0) is 13.7. The molecule has 0 amide bonds. The average molecular weight is 266 g/mol. The lowest BCUT2D eigenvalue weighted by atomic mass is 9.84. The van der Waals surface area contributed by atoms with E-state index in [1.54, 1.807) is 12.1 Å². The molecular formula is C15H23FN2O. The van der Waals surface area contributed by atoms with Gasteiger partial charge in [-0.05, 0) is 30.9 Å². The van der Waals surface area contributed by atoms with Gasteiger partial charge in [0.05, 0.1) is 7.11 Å². The Kier molecular flexibility index (Phi) is 5.02. The van der Waals surface area contributed by atoms with Crippen LogP contribution in [0.2, 0.25) is 0 Å². The van der Waals surface area contributed by atoms with Gasteiger partial charge in [-0.1, -0.05) is 19.3 Å². The quantitative estimate of drug-likeness (QED) is 0.860. The van der Waals surface area contributed by atoms with E-state index in [-0.39, 0.29) is 17.6 Å². The molecule has 1 aliphatic rings. The van der Waals surface area contributed by atoms with Gasteiger partial charge in [-0.25, -0.2) is 4.39 Å². The molecule has 0 aromatic heterocycles. The molecule has 19 heavy (non-hydrogen) atoms. The van der Waals surface area contributed by atoms with Crippen molar-refractivity contribution in [2.24, 2.45) is 11.7 Å². The fourth-order valence-corrected chi connectivity index (χ4v) is 2.87. The molecule has 4 heteroatoms. The molecule has 1 aliphatic carbocycles.